The molecule has 1 aliphatic carbocycles. The zero-order chi connectivity index (χ0) is 17.5. The molecule has 0 N–H and O–H groups in total. The second-order valence-electron chi connectivity index (χ2n) is 6.85. The third-order valence-corrected chi connectivity index (χ3v) is 5.48. The molecule has 0 unspecified atom stereocenters. The Labute approximate surface area is 152 Å². The maximum Gasteiger partial charge on any atom is 0.329 e. The molecule has 0 saturated carbocycles. The number of fused-ring (bicyclic) bond motifs is 3. The van der Waals surface area contributed by atoms with Gasteiger partial charge in [-0.05, 0) is 22.3 Å². The van der Waals surface area contributed by atoms with Crippen LogP contribution in [0.5, 0.6) is 0 Å². The highest BCUT2D eigenvalue weighted by Gasteiger charge is 2.34. The van der Waals surface area contributed by atoms with Gasteiger partial charge in [-0.2, -0.15) is 0 Å². The fraction of sp³-hybridized carbons (Fsp3) is 0.238. The van der Waals surface area contributed by atoms with Crippen molar-refractivity contribution in [3.05, 3.63) is 78.4 Å². The van der Waals surface area contributed by atoms with Gasteiger partial charge < -0.3 is 4.90 Å². The number of hydrogen-bond acceptors (Lipinski definition) is 3. The summed E-state index contributed by atoms with van der Waals surface area (Å²) in [5.74, 6) is 0. The van der Waals surface area contributed by atoms with Crippen LogP contribution in [0.2, 0.25) is 0 Å². The first kappa shape index (κ1) is 15.3. The van der Waals surface area contributed by atoms with Gasteiger partial charge in [0.05, 0.1) is 6.04 Å². The zero-order valence-corrected chi connectivity index (χ0v) is 14.5. The van der Waals surface area contributed by atoms with Crippen molar-refractivity contribution in [1.29, 1.82) is 0 Å². The molecule has 5 rings (SSSR count). The standard InChI is InChI=1S/C21H20N4O/c26-21(25-10-9-22-15-25)24-13-11-23(12-14-24)20-18-7-3-1-5-16(18)17-6-2-4-8-19(17)20/h1-10,15,20H,11-14H2. The molecular formula is C21H20N4O. The summed E-state index contributed by atoms with van der Waals surface area (Å²) in [6.45, 7) is 3.21. The minimum atomic E-state index is 0.00868. The number of amides is 1. The number of nitrogens with zero attached hydrogens (tertiary/aromatic N) is 4. The quantitative estimate of drug-likeness (QED) is 0.680. The van der Waals surface area contributed by atoms with Crippen LogP contribution in [0.4, 0.5) is 4.79 Å². The lowest BCUT2D eigenvalue weighted by molar-refractivity contribution is 0.122. The lowest BCUT2D eigenvalue weighted by Gasteiger charge is -2.38. The van der Waals surface area contributed by atoms with Crippen molar-refractivity contribution in [2.45, 2.75) is 6.04 Å². The smallest absolute Gasteiger partial charge is 0.321 e. The van der Waals surface area contributed by atoms with Gasteiger partial charge in [0.25, 0.3) is 0 Å². The summed E-state index contributed by atoms with van der Waals surface area (Å²) in [7, 11) is 0. The van der Waals surface area contributed by atoms with Gasteiger partial charge in [-0.25, -0.2) is 9.78 Å². The summed E-state index contributed by atoms with van der Waals surface area (Å²) in [5, 5.41) is 0. The summed E-state index contributed by atoms with van der Waals surface area (Å²) in [6, 6.07) is 17.7. The number of carbonyl (C=O) groups is 1. The molecule has 1 aromatic heterocycles. The number of piperazine rings is 1. The molecule has 0 atom stereocenters. The molecule has 0 bridgehead atoms. The molecule has 2 aromatic carbocycles. The van der Waals surface area contributed by atoms with Crippen molar-refractivity contribution in [3.8, 4) is 11.1 Å². The van der Waals surface area contributed by atoms with Gasteiger partial charge in [-0.3, -0.25) is 9.47 Å². The predicted molar refractivity (Wildman–Crippen MR) is 99.9 cm³/mol. The molecule has 2 heterocycles. The second kappa shape index (κ2) is 6.11. The van der Waals surface area contributed by atoms with E-state index in [2.05, 4.69) is 58.4 Å². The van der Waals surface area contributed by atoms with E-state index >= 15 is 0 Å². The van der Waals surface area contributed by atoms with Gasteiger partial charge in [0.15, 0.2) is 0 Å². The molecule has 0 radical (unpaired) electrons. The Morgan fingerprint density at radius 2 is 1.50 bits per heavy atom. The van der Waals surface area contributed by atoms with E-state index in [0.29, 0.717) is 0 Å². The van der Waals surface area contributed by atoms with Gasteiger partial charge in [0, 0.05) is 38.6 Å². The molecule has 1 aliphatic heterocycles. The van der Waals surface area contributed by atoms with E-state index in [1.165, 1.54) is 22.3 Å². The first-order chi connectivity index (χ1) is 12.8. The predicted octanol–water partition coefficient (Wildman–Crippen LogP) is 3.24. The number of imidazole rings is 1. The number of aromatic nitrogens is 2. The van der Waals surface area contributed by atoms with E-state index in [-0.39, 0.29) is 12.1 Å². The summed E-state index contributed by atoms with van der Waals surface area (Å²) in [5.41, 5.74) is 5.43. The van der Waals surface area contributed by atoms with Crippen LogP contribution in [0.3, 0.4) is 0 Å². The van der Waals surface area contributed by atoms with Crippen LogP contribution < -0.4 is 0 Å². The van der Waals surface area contributed by atoms with Crippen LogP contribution in [0.15, 0.2) is 67.3 Å². The molecule has 3 aromatic rings. The highest BCUT2D eigenvalue weighted by atomic mass is 16.2. The Kier molecular flexibility index (Phi) is 3.60. The SMILES string of the molecule is O=C(N1CCN(C2c3ccccc3-c3ccccc32)CC1)n1ccnc1. The van der Waals surface area contributed by atoms with E-state index in [9.17, 15) is 4.79 Å². The summed E-state index contributed by atoms with van der Waals surface area (Å²) >= 11 is 0. The molecule has 26 heavy (non-hydrogen) atoms. The molecule has 5 heteroatoms. The van der Waals surface area contributed by atoms with Crippen LogP contribution in [-0.2, 0) is 0 Å². The number of carbonyl (C=O) groups excluding carboxylic acids is 1. The molecule has 1 saturated heterocycles. The number of benzene rings is 2. The van der Waals surface area contributed by atoms with Gasteiger partial charge >= 0.3 is 6.03 Å². The number of rotatable bonds is 1. The minimum absolute atomic E-state index is 0.00868. The van der Waals surface area contributed by atoms with Crippen LogP contribution >= 0.6 is 0 Å². The van der Waals surface area contributed by atoms with Gasteiger partial charge in [-0.15, -0.1) is 0 Å². The molecular weight excluding hydrogens is 324 g/mol. The lowest BCUT2D eigenvalue weighted by atomic mass is 10.0. The van der Waals surface area contributed by atoms with Crippen molar-refractivity contribution in [2.24, 2.45) is 0 Å². The van der Waals surface area contributed by atoms with Gasteiger partial charge in [-0.1, -0.05) is 48.5 Å². The second-order valence-corrected chi connectivity index (χ2v) is 6.85. The number of hydrogen-bond donors (Lipinski definition) is 0. The fourth-order valence-corrected chi connectivity index (χ4v) is 4.23. The van der Waals surface area contributed by atoms with Crippen molar-refractivity contribution >= 4 is 6.03 Å². The Morgan fingerprint density at radius 3 is 2.08 bits per heavy atom. The Bertz CT molecular complexity index is 897. The van der Waals surface area contributed by atoms with Gasteiger partial charge in [0.2, 0.25) is 0 Å². The summed E-state index contributed by atoms with van der Waals surface area (Å²) in [6.07, 6.45) is 4.91. The average Bonchev–Trinajstić information content (AvgIpc) is 3.34. The van der Waals surface area contributed by atoms with E-state index in [1.807, 2.05) is 4.90 Å². The Morgan fingerprint density at radius 1 is 0.885 bits per heavy atom. The van der Waals surface area contributed by atoms with E-state index in [4.69, 9.17) is 0 Å². The normalized spacial score (nSPS) is 17.2. The van der Waals surface area contributed by atoms with Crippen molar-refractivity contribution in [2.75, 3.05) is 26.2 Å². The average molecular weight is 344 g/mol. The third kappa shape index (κ3) is 2.35. The molecule has 1 fully saturated rings. The molecule has 5 nitrogen and oxygen atoms in total. The fourth-order valence-electron chi connectivity index (χ4n) is 4.23. The van der Waals surface area contributed by atoms with E-state index in [1.54, 1.807) is 23.3 Å². The Hall–Kier alpha value is -2.92. The zero-order valence-electron chi connectivity index (χ0n) is 14.5. The molecule has 2 aliphatic rings. The Balaban J connectivity index is 1.39. The van der Waals surface area contributed by atoms with Crippen LogP contribution in [0.1, 0.15) is 17.2 Å². The lowest BCUT2D eigenvalue weighted by Crippen LogP contribution is -2.50. The first-order valence-corrected chi connectivity index (χ1v) is 9.02. The highest BCUT2D eigenvalue weighted by molar-refractivity contribution is 5.79. The topological polar surface area (TPSA) is 41.4 Å². The summed E-state index contributed by atoms with van der Waals surface area (Å²) < 4.78 is 1.55. The third-order valence-electron chi connectivity index (χ3n) is 5.48. The molecule has 0 spiro atoms. The van der Waals surface area contributed by atoms with Crippen LogP contribution in [0, 0.1) is 0 Å². The summed E-state index contributed by atoms with van der Waals surface area (Å²) in [4.78, 5) is 20.9. The van der Waals surface area contributed by atoms with Crippen molar-refractivity contribution in [1.82, 2.24) is 19.4 Å². The maximum absolute atomic E-state index is 12.5. The monoisotopic (exact) mass is 344 g/mol. The molecule has 1 amide bonds. The maximum atomic E-state index is 12.5. The highest BCUT2D eigenvalue weighted by Crippen LogP contribution is 2.46. The van der Waals surface area contributed by atoms with E-state index < -0.39 is 0 Å². The van der Waals surface area contributed by atoms with Crippen molar-refractivity contribution in [3.63, 3.8) is 0 Å². The van der Waals surface area contributed by atoms with Gasteiger partial charge in [0.1, 0.15) is 6.33 Å². The molecule has 130 valence electrons. The van der Waals surface area contributed by atoms with Crippen molar-refractivity contribution < 1.29 is 4.79 Å². The largest absolute Gasteiger partial charge is 0.329 e. The minimum Gasteiger partial charge on any atom is -0.321 e. The van der Waals surface area contributed by atoms with E-state index in [0.717, 1.165) is 26.2 Å². The van der Waals surface area contributed by atoms with Crippen LogP contribution in [-0.4, -0.2) is 51.6 Å². The first-order valence-electron chi connectivity index (χ1n) is 9.02. The van der Waals surface area contributed by atoms with Crippen LogP contribution in [0.25, 0.3) is 11.1 Å².